The van der Waals surface area contributed by atoms with E-state index in [0.29, 0.717) is 12.8 Å². The summed E-state index contributed by atoms with van der Waals surface area (Å²) >= 11 is 0. The zero-order valence-corrected chi connectivity index (χ0v) is 68.7. The number of aliphatic hydroxyl groups excluding tert-OH is 16. The number of carbonyl (C=O) groups excluding carboxylic acids is 3. The second-order valence-corrected chi connectivity index (χ2v) is 32.4. The quantitative estimate of drug-likeness (QED) is 0.0307. The number of hydrogen-bond acceptors (Lipinski definition) is 30. The Morgan fingerprint density at radius 1 is 0.470 bits per heavy atom. The minimum absolute atomic E-state index is 0.159. The van der Waals surface area contributed by atoms with Gasteiger partial charge in [0.05, 0.1) is 70.0 Å². The van der Waals surface area contributed by atoms with Gasteiger partial charge in [0.25, 0.3) is 5.79 Å². The van der Waals surface area contributed by atoms with E-state index < -0.39 is 241 Å². The third-order valence-corrected chi connectivity index (χ3v) is 22.9. The van der Waals surface area contributed by atoms with Crippen LogP contribution in [-0.2, 0) is 66.5 Å². The van der Waals surface area contributed by atoms with Crippen LogP contribution in [0.2, 0.25) is 0 Å². The van der Waals surface area contributed by atoms with Crippen molar-refractivity contribution in [3.8, 4) is 0 Å². The number of amides is 2. The minimum atomic E-state index is -3.36. The Hall–Kier alpha value is -3.22. The van der Waals surface area contributed by atoms with Crippen molar-refractivity contribution in [2.45, 2.75) is 437 Å². The molecule has 5 rings (SSSR count). The molecule has 5 saturated heterocycles. The van der Waals surface area contributed by atoms with E-state index in [-0.39, 0.29) is 18.7 Å². The molecule has 0 spiro atoms. The summed E-state index contributed by atoms with van der Waals surface area (Å²) in [6.07, 6.45) is -6.05. The van der Waals surface area contributed by atoms with Crippen LogP contribution in [-0.4, -0.2) is 315 Å². The van der Waals surface area contributed by atoms with E-state index >= 15 is 0 Å². The number of carbonyl (C=O) groups is 4. The maximum atomic E-state index is 13.9. The average molecular weight is 1660 g/mol. The van der Waals surface area contributed by atoms with Crippen molar-refractivity contribution in [3.63, 3.8) is 0 Å². The van der Waals surface area contributed by atoms with Crippen LogP contribution >= 0.6 is 0 Å². The number of ketones is 1. The summed E-state index contributed by atoms with van der Waals surface area (Å²) < 4.78 is 60.6. The van der Waals surface area contributed by atoms with Gasteiger partial charge in [-0.25, -0.2) is 4.79 Å². The van der Waals surface area contributed by atoms with Gasteiger partial charge in [-0.1, -0.05) is 212 Å². The summed E-state index contributed by atoms with van der Waals surface area (Å²) in [7, 11) is 0. The maximum Gasteiger partial charge on any atom is 0.364 e. The van der Waals surface area contributed by atoms with Gasteiger partial charge in [-0.15, -0.1) is 0 Å². The van der Waals surface area contributed by atoms with Gasteiger partial charge < -0.3 is 150 Å². The Balaban J connectivity index is 1.31. The van der Waals surface area contributed by atoms with Crippen molar-refractivity contribution in [2.75, 3.05) is 39.6 Å². The Bertz CT molecular complexity index is 2640. The third-order valence-electron chi connectivity index (χ3n) is 22.9. The molecule has 28 unspecified atom stereocenters. The van der Waals surface area contributed by atoms with Gasteiger partial charge in [-0.2, -0.15) is 0 Å². The third kappa shape index (κ3) is 33.9. The van der Waals surface area contributed by atoms with Crippen LogP contribution in [0.5, 0.6) is 0 Å². The van der Waals surface area contributed by atoms with Gasteiger partial charge in [-0.3, -0.25) is 9.59 Å². The largest absolute Gasteiger partial charge is 0.477 e. The summed E-state index contributed by atoms with van der Waals surface area (Å²) in [5.41, 5.74) is 0. The van der Waals surface area contributed by atoms with Crippen molar-refractivity contribution < 1.29 is 153 Å². The fourth-order valence-corrected chi connectivity index (χ4v) is 16.0. The molecule has 33 heteroatoms. The lowest BCUT2D eigenvalue weighted by atomic mass is 9.86. The zero-order chi connectivity index (χ0) is 84.4. The first-order valence-electron chi connectivity index (χ1n) is 43.3. The number of carboxylic acid groups (broad SMARTS) is 1. The SMILES string of the molecule is CCCCCCCCC=CCCCCCCCCCCCCCCCC(=O)NC(COC1OC(CO)C(OC2OC(CO)C(OC3OC(CO)C(O)C(OC4OC(CO)C(O)C(O)C4O)C3CC(C)=O)C(OC3(C(=O)O)CC(O)C(NC(C)=O)C(C(O)C(O)CO)O3)C2O)C(O)C1O)C(O)CCCCCCCCCCCCCCC. The number of aliphatic hydroxyl groups is 16. The normalized spacial score (nSPS) is 33.1. The molecule has 0 aromatic heterocycles. The Morgan fingerprint density at radius 2 is 0.904 bits per heavy atom. The lowest BCUT2D eigenvalue weighted by Gasteiger charge is -2.52. The van der Waals surface area contributed by atoms with E-state index in [9.17, 15) is 106 Å². The highest BCUT2D eigenvalue weighted by atomic mass is 16.8. The van der Waals surface area contributed by atoms with E-state index in [1.807, 2.05) is 0 Å². The summed E-state index contributed by atoms with van der Waals surface area (Å²) in [4.78, 5) is 53.3. The number of hydrogen-bond donors (Lipinski definition) is 19. The van der Waals surface area contributed by atoms with Gasteiger partial charge in [0.2, 0.25) is 11.8 Å². The molecule has 0 bridgehead atoms. The van der Waals surface area contributed by atoms with E-state index in [1.165, 1.54) is 141 Å². The smallest absolute Gasteiger partial charge is 0.364 e. The number of unbranched alkanes of at least 4 members (excludes halogenated alkanes) is 31. The monoisotopic (exact) mass is 1660 g/mol. The molecule has 0 aromatic carbocycles. The second-order valence-electron chi connectivity index (χ2n) is 32.4. The Labute approximate surface area is 679 Å². The molecule has 28 atom stereocenters. The highest BCUT2D eigenvalue weighted by molar-refractivity contribution is 5.77. The molecule has 672 valence electrons. The first-order valence-corrected chi connectivity index (χ1v) is 43.3. The highest BCUT2D eigenvalue weighted by Crippen LogP contribution is 2.43. The second kappa shape index (κ2) is 56.5. The highest BCUT2D eigenvalue weighted by Gasteiger charge is 2.62. The minimum Gasteiger partial charge on any atom is -0.477 e. The van der Waals surface area contributed by atoms with Crippen LogP contribution < -0.4 is 10.6 Å². The van der Waals surface area contributed by atoms with Crippen molar-refractivity contribution >= 4 is 23.6 Å². The fraction of sp³-hybridized carbons (Fsp3) is 0.927. The first kappa shape index (κ1) is 102. The molecule has 19 N–H and O–H groups in total. The van der Waals surface area contributed by atoms with Crippen LogP contribution in [0, 0.1) is 5.92 Å². The predicted molar refractivity (Wildman–Crippen MR) is 416 cm³/mol. The lowest BCUT2D eigenvalue weighted by molar-refractivity contribution is -0.406. The molecule has 0 radical (unpaired) electrons. The number of rotatable bonds is 61. The van der Waals surface area contributed by atoms with Gasteiger partial charge in [0.15, 0.2) is 25.2 Å². The van der Waals surface area contributed by atoms with Gasteiger partial charge >= 0.3 is 5.97 Å². The molecule has 33 nitrogen and oxygen atoms in total. The van der Waals surface area contributed by atoms with Gasteiger partial charge in [0.1, 0.15) is 110 Å². The molecule has 0 saturated carbocycles. The Kier molecular flexibility index (Phi) is 50.2. The molecule has 5 aliphatic rings. The van der Waals surface area contributed by atoms with E-state index in [4.69, 9.17) is 47.4 Å². The molecule has 2 amide bonds. The molecule has 0 aliphatic carbocycles. The van der Waals surface area contributed by atoms with Crippen LogP contribution in [0.4, 0.5) is 0 Å². The maximum absolute atomic E-state index is 13.9. The zero-order valence-electron chi connectivity index (χ0n) is 68.7. The van der Waals surface area contributed by atoms with E-state index in [1.54, 1.807) is 0 Å². The number of allylic oxidation sites excluding steroid dienone is 2. The van der Waals surface area contributed by atoms with Crippen LogP contribution in [0.3, 0.4) is 0 Å². The number of nitrogens with one attached hydrogen (secondary N) is 2. The molecule has 0 aromatic rings. The number of ether oxygens (including phenoxy) is 10. The number of carboxylic acids is 1. The summed E-state index contributed by atoms with van der Waals surface area (Å²) in [5, 5.41) is 195. The van der Waals surface area contributed by atoms with Crippen molar-refractivity contribution in [1.29, 1.82) is 0 Å². The molecule has 5 fully saturated rings. The van der Waals surface area contributed by atoms with Gasteiger partial charge in [-0.05, 0) is 45.4 Å². The number of aliphatic carboxylic acids is 1. The molecule has 115 heavy (non-hydrogen) atoms. The van der Waals surface area contributed by atoms with Crippen molar-refractivity contribution in [3.05, 3.63) is 12.2 Å². The van der Waals surface area contributed by atoms with Crippen molar-refractivity contribution in [2.24, 2.45) is 5.92 Å². The molecule has 5 heterocycles. The lowest BCUT2D eigenvalue weighted by Crippen LogP contribution is -2.71. The number of Topliss-reactive ketones (excluding diaryl/α,β-unsaturated/α-hetero) is 1. The van der Waals surface area contributed by atoms with Crippen LogP contribution in [0.25, 0.3) is 0 Å². The van der Waals surface area contributed by atoms with Gasteiger partial charge in [0, 0.05) is 32.1 Å². The first-order chi connectivity index (χ1) is 55.3. The van der Waals surface area contributed by atoms with Crippen molar-refractivity contribution in [1.82, 2.24) is 10.6 Å². The topological polar surface area (TPSA) is 529 Å². The summed E-state index contributed by atoms with van der Waals surface area (Å²) in [6, 6.07) is -2.81. The van der Waals surface area contributed by atoms with E-state index in [2.05, 4.69) is 36.6 Å². The summed E-state index contributed by atoms with van der Waals surface area (Å²) in [6.45, 7) is 0.627. The fourth-order valence-electron chi connectivity index (χ4n) is 16.0. The standard InChI is InChI=1S/C82H148N2O31/c1-5-7-9-11-13-15-17-19-20-21-22-23-24-25-26-27-28-30-32-34-36-38-40-42-62(95)84-54(55(92)41-39-37-35-33-31-29-18-16-14-12-10-8-6-2)50-106-78-70(102)68(100)73(60(48-88)109-78)112-80-71(103)76(115-82(81(104)105)44-56(93)63(83-52(4)91)75(114-82)64(96)57(94)45-85)74(61(49-89)110-80)113-77-53(43-51(3)90)72(66(98)59(47-87)107-77)111-79-69(101)67(99)65(97)58(46-86)108-79/h19-20,53-61,63-80,85-89,92-94,96-103H,5-18,21-50H2,1-4H3,(H,83,91)(H,84,95)(H,104,105). The predicted octanol–water partition coefficient (Wildman–Crippen LogP) is 3.17. The summed E-state index contributed by atoms with van der Waals surface area (Å²) in [5.74, 6) is -9.03. The Morgan fingerprint density at radius 3 is 1.40 bits per heavy atom. The molecule has 5 aliphatic heterocycles. The van der Waals surface area contributed by atoms with Crippen LogP contribution in [0.15, 0.2) is 12.2 Å². The van der Waals surface area contributed by atoms with E-state index in [0.717, 1.165) is 78.1 Å². The molecular weight excluding hydrogens is 1510 g/mol. The average Bonchev–Trinajstić information content (AvgIpc) is 0.741. The van der Waals surface area contributed by atoms with Crippen LogP contribution in [0.1, 0.15) is 272 Å². The molecular formula is C82H148N2O31.